The average molecular weight is 320 g/mol. The highest BCUT2D eigenvalue weighted by molar-refractivity contribution is 5.91. The molecule has 0 spiro atoms. The number of carbonyl (C=O) groups excluding carboxylic acids is 1. The van der Waals surface area contributed by atoms with Crippen LogP contribution in [0.4, 0.5) is 18.9 Å². The molecule has 8 heteroatoms. The van der Waals surface area contributed by atoms with Crippen molar-refractivity contribution in [2.24, 2.45) is 5.73 Å². The summed E-state index contributed by atoms with van der Waals surface area (Å²) in [6.07, 6.45) is -4.50. The second-order valence-corrected chi connectivity index (χ2v) is 4.42. The Labute approximate surface area is 126 Å². The second-order valence-electron chi connectivity index (χ2n) is 4.42. The fraction of sp³-hybridized carbons (Fsp3) is 0.500. The summed E-state index contributed by atoms with van der Waals surface area (Å²) in [6.45, 7) is 2.64. The highest BCUT2D eigenvalue weighted by Crippen LogP contribution is 2.31. The van der Waals surface area contributed by atoms with E-state index < -0.39 is 17.6 Å². The highest BCUT2D eigenvalue weighted by Gasteiger charge is 2.31. The van der Waals surface area contributed by atoms with Crippen LogP contribution in [0.15, 0.2) is 18.2 Å². The Kier molecular flexibility index (Phi) is 7.30. The summed E-state index contributed by atoms with van der Waals surface area (Å²) in [5.74, 6) is -0.543. The lowest BCUT2D eigenvalue weighted by atomic mass is 10.1. The Morgan fingerprint density at radius 2 is 1.91 bits per heavy atom. The maximum absolute atomic E-state index is 12.8. The first-order chi connectivity index (χ1) is 10.4. The highest BCUT2D eigenvalue weighted by atomic mass is 19.4. The number of ether oxygens (including phenoxy) is 2. The SMILES string of the molecule is CCOCCOCC(=O)Nc1cc(CN)cc(C(F)(F)F)c1. The molecule has 0 saturated heterocycles. The molecule has 1 aromatic rings. The smallest absolute Gasteiger partial charge is 0.379 e. The van der Waals surface area contributed by atoms with Crippen LogP contribution in [0, 0.1) is 0 Å². The number of nitrogens with two attached hydrogens (primary N) is 1. The third-order valence-corrected chi connectivity index (χ3v) is 2.65. The van der Waals surface area contributed by atoms with Gasteiger partial charge in [0.1, 0.15) is 6.61 Å². The molecule has 0 aliphatic carbocycles. The summed E-state index contributed by atoms with van der Waals surface area (Å²) in [5, 5.41) is 2.36. The van der Waals surface area contributed by atoms with E-state index in [1.54, 1.807) is 0 Å². The average Bonchev–Trinajstić information content (AvgIpc) is 2.45. The van der Waals surface area contributed by atoms with Crippen molar-refractivity contribution in [2.45, 2.75) is 19.6 Å². The molecule has 0 aromatic heterocycles. The van der Waals surface area contributed by atoms with Crippen molar-refractivity contribution in [1.29, 1.82) is 0 Å². The second kappa shape index (κ2) is 8.72. The van der Waals surface area contributed by atoms with Gasteiger partial charge in [0.05, 0.1) is 18.8 Å². The molecule has 0 saturated carbocycles. The van der Waals surface area contributed by atoms with Gasteiger partial charge in [-0.3, -0.25) is 4.79 Å². The first kappa shape index (κ1) is 18.4. The number of carbonyl (C=O) groups is 1. The van der Waals surface area contributed by atoms with Crippen LogP contribution in [-0.4, -0.2) is 32.3 Å². The number of benzene rings is 1. The zero-order valence-electron chi connectivity index (χ0n) is 12.2. The van der Waals surface area contributed by atoms with Crippen molar-refractivity contribution in [3.05, 3.63) is 29.3 Å². The molecule has 0 fully saturated rings. The van der Waals surface area contributed by atoms with Gasteiger partial charge < -0.3 is 20.5 Å². The summed E-state index contributed by atoms with van der Waals surface area (Å²) < 4.78 is 48.3. The van der Waals surface area contributed by atoms with Crippen molar-refractivity contribution in [2.75, 3.05) is 31.7 Å². The minimum Gasteiger partial charge on any atom is -0.379 e. The molecule has 0 unspecified atom stereocenters. The summed E-state index contributed by atoms with van der Waals surface area (Å²) in [5.41, 5.74) is 4.83. The number of nitrogens with one attached hydrogen (secondary N) is 1. The summed E-state index contributed by atoms with van der Waals surface area (Å²) in [7, 11) is 0. The first-order valence-electron chi connectivity index (χ1n) is 6.73. The monoisotopic (exact) mass is 320 g/mol. The molecule has 1 amide bonds. The molecule has 3 N–H and O–H groups in total. The molecular formula is C14H19F3N2O3. The number of hydrogen-bond acceptors (Lipinski definition) is 4. The molecule has 22 heavy (non-hydrogen) atoms. The van der Waals surface area contributed by atoms with Crippen molar-refractivity contribution in [3.63, 3.8) is 0 Å². The number of hydrogen-bond donors (Lipinski definition) is 2. The van der Waals surface area contributed by atoms with Crippen LogP contribution in [0.25, 0.3) is 0 Å². The Balaban J connectivity index is 2.62. The van der Waals surface area contributed by atoms with Gasteiger partial charge in [0.2, 0.25) is 5.91 Å². The number of anilines is 1. The Morgan fingerprint density at radius 1 is 1.23 bits per heavy atom. The van der Waals surface area contributed by atoms with E-state index in [1.165, 1.54) is 6.07 Å². The van der Waals surface area contributed by atoms with Gasteiger partial charge in [-0.2, -0.15) is 13.2 Å². The van der Waals surface area contributed by atoms with Crippen LogP contribution >= 0.6 is 0 Å². The van der Waals surface area contributed by atoms with Gasteiger partial charge in [-0.25, -0.2) is 0 Å². The van der Waals surface area contributed by atoms with E-state index in [9.17, 15) is 18.0 Å². The van der Waals surface area contributed by atoms with Crippen LogP contribution in [0.3, 0.4) is 0 Å². The lowest BCUT2D eigenvalue weighted by Crippen LogP contribution is -2.20. The van der Waals surface area contributed by atoms with Gasteiger partial charge >= 0.3 is 6.18 Å². The maximum atomic E-state index is 12.8. The predicted molar refractivity (Wildman–Crippen MR) is 75.3 cm³/mol. The molecular weight excluding hydrogens is 301 g/mol. The normalized spacial score (nSPS) is 11.5. The van der Waals surface area contributed by atoms with Crippen molar-refractivity contribution in [1.82, 2.24) is 0 Å². The van der Waals surface area contributed by atoms with E-state index in [0.29, 0.717) is 13.2 Å². The quantitative estimate of drug-likeness (QED) is 0.720. The fourth-order valence-corrected chi connectivity index (χ4v) is 1.67. The zero-order chi connectivity index (χ0) is 16.6. The van der Waals surface area contributed by atoms with Crippen LogP contribution in [0.5, 0.6) is 0 Å². The van der Waals surface area contributed by atoms with Crippen molar-refractivity contribution in [3.8, 4) is 0 Å². The number of halogens is 3. The van der Waals surface area contributed by atoms with Crippen LogP contribution in [-0.2, 0) is 27.0 Å². The van der Waals surface area contributed by atoms with Crippen molar-refractivity contribution < 1.29 is 27.4 Å². The van der Waals surface area contributed by atoms with E-state index in [1.807, 2.05) is 6.92 Å². The van der Waals surface area contributed by atoms with Gasteiger partial charge in [-0.15, -0.1) is 0 Å². The molecule has 1 aromatic carbocycles. The number of alkyl halides is 3. The van der Waals surface area contributed by atoms with E-state index in [2.05, 4.69) is 5.32 Å². The largest absolute Gasteiger partial charge is 0.416 e. The summed E-state index contributed by atoms with van der Waals surface area (Å²) >= 11 is 0. The molecule has 5 nitrogen and oxygen atoms in total. The molecule has 0 bridgehead atoms. The van der Waals surface area contributed by atoms with Crippen molar-refractivity contribution >= 4 is 11.6 Å². The summed E-state index contributed by atoms with van der Waals surface area (Å²) in [6, 6.07) is 3.21. The molecule has 0 radical (unpaired) electrons. The van der Waals surface area contributed by atoms with Gasteiger partial charge in [0.25, 0.3) is 0 Å². The fourth-order valence-electron chi connectivity index (χ4n) is 1.67. The number of rotatable bonds is 8. The lowest BCUT2D eigenvalue weighted by molar-refractivity contribution is -0.137. The Hall–Kier alpha value is -1.64. The predicted octanol–water partition coefficient (Wildman–Crippen LogP) is 2.16. The molecule has 0 heterocycles. The number of amides is 1. The molecule has 0 aliphatic rings. The van der Waals surface area contributed by atoms with Crippen LogP contribution < -0.4 is 11.1 Å². The molecule has 1 rings (SSSR count). The zero-order valence-corrected chi connectivity index (χ0v) is 12.2. The first-order valence-corrected chi connectivity index (χ1v) is 6.73. The van der Waals surface area contributed by atoms with E-state index >= 15 is 0 Å². The van der Waals surface area contributed by atoms with E-state index in [4.69, 9.17) is 15.2 Å². The van der Waals surface area contributed by atoms with Gasteiger partial charge in [-0.05, 0) is 30.7 Å². The maximum Gasteiger partial charge on any atom is 0.416 e. The van der Waals surface area contributed by atoms with E-state index in [0.717, 1.165) is 12.1 Å². The molecule has 0 atom stereocenters. The van der Waals surface area contributed by atoms with E-state index in [-0.39, 0.29) is 31.0 Å². The minimum absolute atomic E-state index is 0.0358. The van der Waals surface area contributed by atoms with Gasteiger partial charge in [-0.1, -0.05) is 0 Å². The Morgan fingerprint density at radius 3 is 2.50 bits per heavy atom. The summed E-state index contributed by atoms with van der Waals surface area (Å²) in [4.78, 5) is 11.6. The van der Waals surface area contributed by atoms with Crippen LogP contribution in [0.1, 0.15) is 18.1 Å². The van der Waals surface area contributed by atoms with Gasteiger partial charge in [0.15, 0.2) is 0 Å². The topological polar surface area (TPSA) is 73.6 Å². The minimum atomic E-state index is -4.50. The molecule has 0 aliphatic heterocycles. The third-order valence-electron chi connectivity index (χ3n) is 2.65. The van der Waals surface area contributed by atoms with Gasteiger partial charge in [0, 0.05) is 18.8 Å². The Bertz CT molecular complexity index is 493. The van der Waals surface area contributed by atoms with Crippen LogP contribution in [0.2, 0.25) is 0 Å². The standard InChI is InChI=1S/C14H19F3N2O3/c1-2-21-3-4-22-9-13(20)19-12-6-10(8-18)5-11(7-12)14(15,16)17/h5-7H,2-4,8-9,18H2,1H3,(H,19,20). The third kappa shape index (κ3) is 6.42. The molecule has 124 valence electrons. The lowest BCUT2D eigenvalue weighted by Gasteiger charge is -2.12.